The molecule has 3 nitrogen and oxygen atoms in total. The number of hydrogen-bond donors (Lipinski definition) is 1. The third kappa shape index (κ3) is 2.93. The molecule has 0 fully saturated rings. The summed E-state index contributed by atoms with van der Waals surface area (Å²) in [5.41, 5.74) is 0.508. The smallest absolute Gasteiger partial charge is 0.142 e. The first kappa shape index (κ1) is 14.3. The number of benzene rings is 1. The van der Waals surface area contributed by atoms with Crippen molar-refractivity contribution in [3.8, 4) is 11.5 Å². The molecule has 0 amide bonds. The molecular formula is C13H19BrO3. The van der Waals surface area contributed by atoms with Crippen molar-refractivity contribution in [3.05, 3.63) is 22.2 Å². The Morgan fingerprint density at radius 1 is 1.18 bits per heavy atom. The van der Waals surface area contributed by atoms with Crippen LogP contribution in [-0.4, -0.2) is 19.3 Å². The molecule has 0 bridgehead atoms. The molecule has 0 aromatic heterocycles. The summed E-state index contributed by atoms with van der Waals surface area (Å²) in [5, 5.41) is 10.3. The zero-order valence-electron chi connectivity index (χ0n) is 10.9. The molecule has 1 rings (SSSR count). The van der Waals surface area contributed by atoms with Crippen molar-refractivity contribution < 1.29 is 14.6 Å². The SMILES string of the molecule is COc1ccc(C(O)C(C)(C)C)c(OC)c1Br. The van der Waals surface area contributed by atoms with Crippen LogP contribution in [0.5, 0.6) is 11.5 Å². The van der Waals surface area contributed by atoms with Gasteiger partial charge in [0.1, 0.15) is 16.0 Å². The van der Waals surface area contributed by atoms with Crippen LogP contribution in [0.1, 0.15) is 32.4 Å². The lowest BCUT2D eigenvalue weighted by Crippen LogP contribution is -2.18. The van der Waals surface area contributed by atoms with Crippen molar-refractivity contribution in [3.63, 3.8) is 0 Å². The molecule has 0 radical (unpaired) electrons. The number of aliphatic hydroxyl groups excluding tert-OH is 1. The van der Waals surface area contributed by atoms with Crippen LogP contribution >= 0.6 is 15.9 Å². The number of ether oxygens (including phenoxy) is 2. The van der Waals surface area contributed by atoms with Crippen molar-refractivity contribution in [1.29, 1.82) is 0 Å². The highest BCUT2D eigenvalue weighted by molar-refractivity contribution is 9.10. The fourth-order valence-corrected chi connectivity index (χ4v) is 2.28. The van der Waals surface area contributed by atoms with Crippen molar-refractivity contribution in [2.75, 3.05) is 14.2 Å². The summed E-state index contributed by atoms with van der Waals surface area (Å²) in [5.74, 6) is 1.30. The molecule has 1 unspecified atom stereocenters. The van der Waals surface area contributed by atoms with Gasteiger partial charge in [0.2, 0.25) is 0 Å². The van der Waals surface area contributed by atoms with Gasteiger partial charge in [-0.05, 0) is 33.5 Å². The Hall–Kier alpha value is -0.740. The van der Waals surface area contributed by atoms with Gasteiger partial charge in [0.25, 0.3) is 0 Å². The number of methoxy groups -OCH3 is 2. The van der Waals surface area contributed by atoms with E-state index in [4.69, 9.17) is 9.47 Å². The zero-order valence-corrected chi connectivity index (χ0v) is 12.5. The third-order valence-electron chi connectivity index (χ3n) is 2.63. The lowest BCUT2D eigenvalue weighted by Gasteiger charge is -2.28. The predicted octanol–water partition coefficient (Wildman–Crippen LogP) is 3.55. The molecule has 0 saturated carbocycles. The molecule has 17 heavy (non-hydrogen) atoms. The molecule has 0 aliphatic carbocycles. The van der Waals surface area contributed by atoms with Crippen LogP contribution in [0.25, 0.3) is 0 Å². The maximum absolute atomic E-state index is 10.3. The van der Waals surface area contributed by atoms with Crippen molar-refractivity contribution >= 4 is 15.9 Å². The Morgan fingerprint density at radius 3 is 2.18 bits per heavy atom. The first-order valence-electron chi connectivity index (χ1n) is 5.41. The molecule has 0 heterocycles. The minimum atomic E-state index is -0.598. The van der Waals surface area contributed by atoms with Gasteiger partial charge in [0, 0.05) is 5.56 Å². The highest BCUT2D eigenvalue weighted by Crippen LogP contribution is 2.44. The van der Waals surface area contributed by atoms with Gasteiger partial charge in [0.15, 0.2) is 0 Å². The third-order valence-corrected chi connectivity index (χ3v) is 3.38. The largest absolute Gasteiger partial charge is 0.495 e. The summed E-state index contributed by atoms with van der Waals surface area (Å²) >= 11 is 3.43. The fourth-order valence-electron chi connectivity index (χ4n) is 1.60. The van der Waals surface area contributed by atoms with E-state index >= 15 is 0 Å². The molecule has 1 aromatic rings. The van der Waals surface area contributed by atoms with E-state index in [2.05, 4.69) is 15.9 Å². The summed E-state index contributed by atoms with van der Waals surface area (Å²) in [6, 6.07) is 3.65. The molecule has 1 atom stereocenters. The molecule has 0 aliphatic rings. The highest BCUT2D eigenvalue weighted by Gasteiger charge is 2.28. The van der Waals surface area contributed by atoms with E-state index in [1.54, 1.807) is 14.2 Å². The topological polar surface area (TPSA) is 38.7 Å². The second kappa shape index (κ2) is 5.27. The average molecular weight is 303 g/mol. The van der Waals surface area contributed by atoms with E-state index in [9.17, 15) is 5.11 Å². The van der Waals surface area contributed by atoms with Crippen LogP contribution in [0.3, 0.4) is 0 Å². The quantitative estimate of drug-likeness (QED) is 0.928. The van der Waals surface area contributed by atoms with Crippen LogP contribution in [0.4, 0.5) is 0 Å². The van der Waals surface area contributed by atoms with Gasteiger partial charge >= 0.3 is 0 Å². The maximum Gasteiger partial charge on any atom is 0.142 e. The second-order valence-corrected chi connectivity index (χ2v) is 5.77. The maximum atomic E-state index is 10.3. The number of halogens is 1. The Morgan fingerprint density at radius 2 is 1.76 bits per heavy atom. The summed E-state index contributed by atoms with van der Waals surface area (Å²) in [6.45, 7) is 5.94. The monoisotopic (exact) mass is 302 g/mol. The first-order chi connectivity index (χ1) is 7.82. The van der Waals surface area contributed by atoms with Gasteiger partial charge in [-0.1, -0.05) is 20.8 Å². The van der Waals surface area contributed by atoms with E-state index in [1.165, 1.54) is 0 Å². The molecule has 1 N–H and O–H groups in total. The molecule has 0 saturated heterocycles. The van der Waals surface area contributed by atoms with Gasteiger partial charge in [0.05, 0.1) is 20.3 Å². The van der Waals surface area contributed by atoms with E-state index in [1.807, 2.05) is 32.9 Å². The summed E-state index contributed by atoms with van der Waals surface area (Å²) in [4.78, 5) is 0. The number of rotatable bonds is 3. The number of aliphatic hydroxyl groups is 1. The molecule has 96 valence electrons. The average Bonchev–Trinajstić information content (AvgIpc) is 2.26. The van der Waals surface area contributed by atoms with Crippen LogP contribution in [0.15, 0.2) is 16.6 Å². The van der Waals surface area contributed by atoms with Gasteiger partial charge in [-0.3, -0.25) is 0 Å². The van der Waals surface area contributed by atoms with Gasteiger partial charge < -0.3 is 14.6 Å². The molecule has 4 heteroatoms. The summed E-state index contributed by atoms with van der Waals surface area (Å²) in [6.07, 6.45) is -0.598. The second-order valence-electron chi connectivity index (χ2n) is 4.97. The van der Waals surface area contributed by atoms with Gasteiger partial charge in [-0.2, -0.15) is 0 Å². The number of hydrogen-bond acceptors (Lipinski definition) is 3. The first-order valence-corrected chi connectivity index (χ1v) is 6.20. The van der Waals surface area contributed by atoms with Gasteiger partial charge in [-0.25, -0.2) is 0 Å². The lowest BCUT2D eigenvalue weighted by atomic mass is 9.84. The lowest BCUT2D eigenvalue weighted by molar-refractivity contribution is 0.0602. The molecular weight excluding hydrogens is 284 g/mol. The Bertz CT molecular complexity index is 396. The van der Waals surface area contributed by atoms with E-state index < -0.39 is 6.10 Å². The minimum absolute atomic E-state index is 0.249. The van der Waals surface area contributed by atoms with E-state index in [0.29, 0.717) is 11.5 Å². The Labute approximate surface area is 111 Å². The Kier molecular flexibility index (Phi) is 4.44. The Balaban J connectivity index is 3.31. The van der Waals surface area contributed by atoms with Crippen LogP contribution in [0, 0.1) is 5.41 Å². The molecule has 1 aromatic carbocycles. The van der Waals surface area contributed by atoms with Crippen LogP contribution in [0.2, 0.25) is 0 Å². The zero-order chi connectivity index (χ0) is 13.2. The van der Waals surface area contributed by atoms with Crippen LogP contribution < -0.4 is 9.47 Å². The molecule has 0 aliphatic heterocycles. The van der Waals surface area contributed by atoms with Gasteiger partial charge in [-0.15, -0.1) is 0 Å². The molecule has 0 spiro atoms. The minimum Gasteiger partial charge on any atom is -0.495 e. The van der Waals surface area contributed by atoms with Crippen molar-refractivity contribution in [2.24, 2.45) is 5.41 Å². The van der Waals surface area contributed by atoms with E-state index in [-0.39, 0.29) is 5.41 Å². The summed E-state index contributed by atoms with van der Waals surface area (Å²) in [7, 11) is 3.18. The standard InChI is InChI=1S/C13H19BrO3/c1-13(2,3)12(15)8-6-7-9(16-4)10(14)11(8)17-5/h6-7,12,15H,1-5H3. The van der Waals surface area contributed by atoms with Crippen LogP contribution in [-0.2, 0) is 0 Å². The predicted molar refractivity (Wildman–Crippen MR) is 71.7 cm³/mol. The van der Waals surface area contributed by atoms with E-state index in [0.717, 1.165) is 10.0 Å². The fraction of sp³-hybridized carbons (Fsp3) is 0.538. The van der Waals surface area contributed by atoms with Crippen molar-refractivity contribution in [1.82, 2.24) is 0 Å². The normalized spacial score (nSPS) is 13.4. The van der Waals surface area contributed by atoms with Crippen molar-refractivity contribution in [2.45, 2.75) is 26.9 Å². The summed E-state index contributed by atoms with van der Waals surface area (Å²) < 4.78 is 11.3. The highest BCUT2D eigenvalue weighted by atomic mass is 79.9.